The average Bonchev–Trinajstić information content (AvgIpc) is 2.50. The predicted octanol–water partition coefficient (Wildman–Crippen LogP) is 3.83. The Kier molecular flexibility index (Phi) is 7.84. The van der Waals surface area contributed by atoms with E-state index in [0.29, 0.717) is 11.3 Å². The first-order chi connectivity index (χ1) is 10.2. The molecular formula is C18H23NO2. The molecule has 2 rings (SSSR count). The van der Waals surface area contributed by atoms with Gasteiger partial charge in [0, 0.05) is 0 Å². The smallest absolute Gasteiger partial charge is 0.343 e. The first-order valence-electron chi connectivity index (χ1n) is 7.22. The Labute approximate surface area is 127 Å². The van der Waals surface area contributed by atoms with E-state index >= 15 is 0 Å². The summed E-state index contributed by atoms with van der Waals surface area (Å²) in [5.41, 5.74) is 1.62. The highest BCUT2D eigenvalue weighted by Gasteiger charge is 2.07. The molecule has 0 amide bonds. The van der Waals surface area contributed by atoms with Crippen LogP contribution in [0, 0.1) is 6.92 Å². The third-order valence-electron chi connectivity index (χ3n) is 2.71. The summed E-state index contributed by atoms with van der Waals surface area (Å²) in [5, 5.41) is 3.11. The molecule has 0 aliphatic rings. The summed E-state index contributed by atoms with van der Waals surface area (Å²) in [5.74, 6) is 0.240. The Morgan fingerprint density at radius 2 is 1.67 bits per heavy atom. The third-order valence-corrected chi connectivity index (χ3v) is 2.71. The van der Waals surface area contributed by atoms with Crippen molar-refractivity contribution >= 4 is 5.97 Å². The van der Waals surface area contributed by atoms with Gasteiger partial charge in [0.1, 0.15) is 5.75 Å². The van der Waals surface area contributed by atoms with Gasteiger partial charge in [0.25, 0.3) is 0 Å². The normalized spacial score (nSPS) is 9.48. The van der Waals surface area contributed by atoms with Gasteiger partial charge in [-0.05, 0) is 44.3 Å². The molecule has 0 spiro atoms. The summed E-state index contributed by atoms with van der Waals surface area (Å²) in [4.78, 5) is 11.7. The number of carbonyl (C=O) groups is 1. The lowest BCUT2D eigenvalue weighted by Gasteiger charge is -2.04. The summed E-state index contributed by atoms with van der Waals surface area (Å²) in [6, 6.07) is 16.4. The van der Waals surface area contributed by atoms with Crippen molar-refractivity contribution in [1.29, 1.82) is 0 Å². The molecule has 2 aromatic carbocycles. The molecule has 0 aromatic heterocycles. The van der Waals surface area contributed by atoms with Gasteiger partial charge in [0.2, 0.25) is 0 Å². The number of esters is 1. The SMILES string of the molecule is CCNCC.Cc1cccc(C(=O)Oc2ccccc2)c1. The monoisotopic (exact) mass is 285 g/mol. The topological polar surface area (TPSA) is 38.3 Å². The molecule has 0 aliphatic carbocycles. The van der Waals surface area contributed by atoms with Gasteiger partial charge in [-0.3, -0.25) is 0 Å². The lowest BCUT2D eigenvalue weighted by Crippen LogP contribution is -2.09. The summed E-state index contributed by atoms with van der Waals surface area (Å²) < 4.78 is 5.22. The van der Waals surface area contributed by atoms with Crippen molar-refractivity contribution < 1.29 is 9.53 Å². The maximum atomic E-state index is 11.7. The Balaban J connectivity index is 0.000000383. The van der Waals surface area contributed by atoms with Crippen LogP contribution >= 0.6 is 0 Å². The van der Waals surface area contributed by atoms with Crippen molar-refractivity contribution in [2.75, 3.05) is 13.1 Å². The highest BCUT2D eigenvalue weighted by molar-refractivity contribution is 5.91. The van der Waals surface area contributed by atoms with E-state index < -0.39 is 0 Å². The van der Waals surface area contributed by atoms with Crippen LogP contribution in [0.3, 0.4) is 0 Å². The molecule has 3 nitrogen and oxygen atoms in total. The third kappa shape index (κ3) is 6.72. The van der Waals surface area contributed by atoms with Crippen molar-refractivity contribution in [2.24, 2.45) is 0 Å². The van der Waals surface area contributed by atoms with Crippen LogP contribution in [-0.4, -0.2) is 19.1 Å². The zero-order valence-corrected chi connectivity index (χ0v) is 12.9. The molecule has 0 radical (unpaired) electrons. The number of carbonyl (C=O) groups excluding carboxylic acids is 1. The molecule has 21 heavy (non-hydrogen) atoms. The van der Waals surface area contributed by atoms with E-state index in [0.717, 1.165) is 18.7 Å². The fourth-order valence-corrected chi connectivity index (χ4v) is 1.68. The molecule has 0 atom stereocenters. The largest absolute Gasteiger partial charge is 0.423 e. The number of hydrogen-bond donors (Lipinski definition) is 1. The van der Waals surface area contributed by atoms with Crippen LogP contribution in [0.1, 0.15) is 29.8 Å². The van der Waals surface area contributed by atoms with E-state index in [9.17, 15) is 4.79 Å². The molecule has 0 saturated carbocycles. The fourth-order valence-electron chi connectivity index (χ4n) is 1.68. The van der Waals surface area contributed by atoms with Crippen LogP contribution in [0.5, 0.6) is 5.75 Å². The van der Waals surface area contributed by atoms with Crippen LogP contribution < -0.4 is 10.1 Å². The standard InChI is InChI=1S/C14H12O2.C4H11N/c1-11-6-5-7-12(10-11)14(15)16-13-8-3-2-4-9-13;1-3-5-4-2/h2-10H,1H3;5H,3-4H2,1-2H3. The van der Waals surface area contributed by atoms with Gasteiger partial charge in [0.05, 0.1) is 5.56 Å². The quantitative estimate of drug-likeness (QED) is 0.685. The summed E-state index contributed by atoms with van der Waals surface area (Å²) in [6.45, 7) is 8.33. The van der Waals surface area contributed by atoms with Crippen molar-refractivity contribution in [1.82, 2.24) is 5.32 Å². The highest BCUT2D eigenvalue weighted by Crippen LogP contribution is 2.12. The van der Waals surface area contributed by atoms with Gasteiger partial charge in [-0.25, -0.2) is 4.79 Å². The minimum atomic E-state index is -0.324. The minimum absolute atomic E-state index is 0.324. The molecule has 2 aromatic rings. The van der Waals surface area contributed by atoms with Gasteiger partial charge in [-0.1, -0.05) is 49.7 Å². The second-order valence-corrected chi connectivity index (χ2v) is 4.53. The van der Waals surface area contributed by atoms with E-state index in [1.54, 1.807) is 18.2 Å². The number of ether oxygens (including phenoxy) is 1. The van der Waals surface area contributed by atoms with Crippen LogP contribution in [0.4, 0.5) is 0 Å². The van der Waals surface area contributed by atoms with Gasteiger partial charge in [0.15, 0.2) is 0 Å². The highest BCUT2D eigenvalue weighted by atomic mass is 16.5. The number of aryl methyl sites for hydroxylation is 1. The summed E-state index contributed by atoms with van der Waals surface area (Å²) in [6.07, 6.45) is 0. The first-order valence-corrected chi connectivity index (χ1v) is 7.22. The van der Waals surface area contributed by atoms with Crippen LogP contribution in [-0.2, 0) is 0 Å². The lowest BCUT2D eigenvalue weighted by atomic mass is 10.1. The zero-order chi connectivity index (χ0) is 15.5. The molecule has 0 aliphatic heterocycles. The van der Waals surface area contributed by atoms with Crippen LogP contribution in [0.2, 0.25) is 0 Å². The summed E-state index contributed by atoms with van der Waals surface area (Å²) in [7, 11) is 0. The Bertz CT molecular complexity index is 536. The number of hydrogen-bond acceptors (Lipinski definition) is 3. The van der Waals surface area contributed by atoms with Crippen molar-refractivity contribution in [3.63, 3.8) is 0 Å². The molecule has 112 valence electrons. The number of benzene rings is 2. The predicted molar refractivity (Wildman–Crippen MR) is 86.8 cm³/mol. The molecule has 0 heterocycles. The Morgan fingerprint density at radius 3 is 2.19 bits per heavy atom. The van der Waals surface area contributed by atoms with Crippen molar-refractivity contribution in [3.8, 4) is 5.75 Å². The zero-order valence-electron chi connectivity index (χ0n) is 12.9. The van der Waals surface area contributed by atoms with Crippen LogP contribution in [0.25, 0.3) is 0 Å². The average molecular weight is 285 g/mol. The van der Waals surface area contributed by atoms with Crippen molar-refractivity contribution in [3.05, 3.63) is 65.7 Å². The molecule has 1 N–H and O–H groups in total. The maximum absolute atomic E-state index is 11.7. The lowest BCUT2D eigenvalue weighted by molar-refractivity contribution is 0.0734. The molecular weight excluding hydrogens is 262 g/mol. The molecule has 0 fully saturated rings. The number of nitrogens with one attached hydrogen (secondary N) is 1. The minimum Gasteiger partial charge on any atom is -0.423 e. The molecule has 0 bridgehead atoms. The van der Waals surface area contributed by atoms with Gasteiger partial charge >= 0.3 is 5.97 Å². The Hall–Kier alpha value is -2.13. The second kappa shape index (κ2) is 9.72. The number of para-hydroxylation sites is 1. The van der Waals surface area contributed by atoms with Crippen molar-refractivity contribution in [2.45, 2.75) is 20.8 Å². The van der Waals surface area contributed by atoms with Gasteiger partial charge < -0.3 is 10.1 Å². The fraction of sp³-hybridized carbons (Fsp3) is 0.278. The van der Waals surface area contributed by atoms with E-state index in [2.05, 4.69) is 19.2 Å². The van der Waals surface area contributed by atoms with Crippen LogP contribution in [0.15, 0.2) is 54.6 Å². The van der Waals surface area contributed by atoms with Gasteiger partial charge in [-0.2, -0.15) is 0 Å². The molecule has 0 unspecified atom stereocenters. The van der Waals surface area contributed by atoms with E-state index in [4.69, 9.17) is 4.74 Å². The summed E-state index contributed by atoms with van der Waals surface area (Å²) >= 11 is 0. The van der Waals surface area contributed by atoms with Gasteiger partial charge in [-0.15, -0.1) is 0 Å². The Morgan fingerprint density at radius 1 is 1.00 bits per heavy atom. The first kappa shape index (κ1) is 16.9. The van der Waals surface area contributed by atoms with E-state index in [1.165, 1.54) is 0 Å². The maximum Gasteiger partial charge on any atom is 0.343 e. The molecule has 0 saturated heterocycles. The number of rotatable bonds is 4. The molecule has 3 heteroatoms. The van der Waals surface area contributed by atoms with E-state index in [1.807, 2.05) is 43.3 Å². The second-order valence-electron chi connectivity index (χ2n) is 4.53. The van der Waals surface area contributed by atoms with E-state index in [-0.39, 0.29) is 5.97 Å².